The number of halogens is 2. The lowest BCUT2D eigenvalue weighted by atomic mass is 10.3. The Kier molecular flexibility index (Phi) is 2.56. The van der Waals surface area contributed by atoms with E-state index in [1.807, 2.05) is 6.07 Å². The molecule has 0 aromatic carbocycles. The van der Waals surface area contributed by atoms with Crippen molar-refractivity contribution < 1.29 is 5.11 Å². The van der Waals surface area contributed by atoms with Gasteiger partial charge in [-0.2, -0.15) is 0 Å². The number of nitrogens with one attached hydrogen (secondary N) is 1. The van der Waals surface area contributed by atoms with Crippen molar-refractivity contribution in [2.45, 2.75) is 0 Å². The number of aromatic amines is 1. The molecule has 72 valence electrons. The third-order valence-corrected chi connectivity index (χ3v) is 2.63. The number of H-pyrrole nitrogens is 1. The van der Waals surface area contributed by atoms with Gasteiger partial charge in [0.05, 0.1) is 6.20 Å². The van der Waals surface area contributed by atoms with Crippen LogP contribution in [0.15, 0.2) is 27.4 Å². The van der Waals surface area contributed by atoms with Gasteiger partial charge in [0.2, 0.25) is 5.88 Å². The summed E-state index contributed by atoms with van der Waals surface area (Å²) in [6.45, 7) is 0. The minimum Gasteiger partial charge on any atom is -0.493 e. The fourth-order valence-electron chi connectivity index (χ4n) is 1.02. The van der Waals surface area contributed by atoms with Crippen molar-refractivity contribution in [3.8, 4) is 17.4 Å². The summed E-state index contributed by atoms with van der Waals surface area (Å²) in [6.07, 6.45) is 3.01. The molecule has 0 unspecified atom stereocenters. The summed E-state index contributed by atoms with van der Waals surface area (Å²) < 4.78 is 1.69. The average molecular weight is 319 g/mol. The minimum absolute atomic E-state index is 0.0246. The van der Waals surface area contributed by atoms with Crippen molar-refractivity contribution in [1.82, 2.24) is 15.0 Å². The number of imidazole rings is 1. The highest BCUT2D eigenvalue weighted by Crippen LogP contribution is 2.27. The van der Waals surface area contributed by atoms with Crippen LogP contribution in [0.1, 0.15) is 0 Å². The van der Waals surface area contributed by atoms with Crippen molar-refractivity contribution in [3.63, 3.8) is 0 Å². The molecular weight excluding hydrogens is 314 g/mol. The van der Waals surface area contributed by atoms with Crippen molar-refractivity contribution in [3.05, 3.63) is 27.4 Å². The monoisotopic (exact) mass is 317 g/mol. The topological polar surface area (TPSA) is 61.8 Å². The first kappa shape index (κ1) is 9.67. The van der Waals surface area contributed by atoms with Gasteiger partial charge in [-0.1, -0.05) is 0 Å². The first-order chi connectivity index (χ1) is 6.66. The predicted molar refractivity (Wildman–Crippen MR) is 58.9 cm³/mol. The second kappa shape index (κ2) is 3.70. The summed E-state index contributed by atoms with van der Waals surface area (Å²) in [6, 6.07) is 1.86. The standard InChI is InChI=1S/C8H5Br2N3O/c9-4-1-5(10)7(11-2-4)8-12-3-6(14)13-8/h1-3,14H,(H,12,13). The van der Waals surface area contributed by atoms with E-state index in [2.05, 4.69) is 46.8 Å². The molecule has 2 aromatic heterocycles. The van der Waals surface area contributed by atoms with Gasteiger partial charge in [0.25, 0.3) is 0 Å². The number of hydrogen-bond acceptors (Lipinski definition) is 3. The van der Waals surface area contributed by atoms with Crippen LogP contribution in [0.25, 0.3) is 11.5 Å². The van der Waals surface area contributed by atoms with Crippen molar-refractivity contribution in [2.24, 2.45) is 0 Å². The zero-order chi connectivity index (χ0) is 10.1. The van der Waals surface area contributed by atoms with Gasteiger partial charge in [0.15, 0.2) is 5.82 Å². The highest BCUT2D eigenvalue weighted by molar-refractivity contribution is 9.11. The normalized spacial score (nSPS) is 10.4. The maximum atomic E-state index is 9.09. The SMILES string of the molecule is Oc1cnc(-c2ncc(Br)cc2Br)[nH]1. The lowest BCUT2D eigenvalue weighted by Crippen LogP contribution is -1.87. The number of hydrogen-bond donors (Lipinski definition) is 2. The van der Waals surface area contributed by atoms with Crippen LogP contribution in [0.3, 0.4) is 0 Å². The van der Waals surface area contributed by atoms with E-state index in [9.17, 15) is 0 Å². The van der Waals surface area contributed by atoms with E-state index in [0.717, 1.165) is 8.95 Å². The van der Waals surface area contributed by atoms with E-state index < -0.39 is 0 Å². The molecule has 6 heteroatoms. The first-order valence-electron chi connectivity index (χ1n) is 3.72. The van der Waals surface area contributed by atoms with E-state index in [4.69, 9.17) is 5.11 Å². The first-order valence-corrected chi connectivity index (χ1v) is 5.31. The highest BCUT2D eigenvalue weighted by Gasteiger charge is 2.08. The van der Waals surface area contributed by atoms with Crippen LogP contribution in [-0.4, -0.2) is 20.1 Å². The van der Waals surface area contributed by atoms with Gasteiger partial charge in [-0.05, 0) is 37.9 Å². The second-order valence-electron chi connectivity index (χ2n) is 2.60. The Hall–Kier alpha value is -0.880. The molecule has 0 bridgehead atoms. The Labute approximate surface area is 96.7 Å². The zero-order valence-electron chi connectivity index (χ0n) is 6.83. The van der Waals surface area contributed by atoms with Crippen molar-refractivity contribution in [1.29, 1.82) is 0 Å². The van der Waals surface area contributed by atoms with Crippen LogP contribution < -0.4 is 0 Å². The molecule has 0 aliphatic heterocycles. The molecule has 0 saturated carbocycles. The van der Waals surface area contributed by atoms with Crippen LogP contribution in [0.4, 0.5) is 0 Å². The number of pyridine rings is 1. The number of nitrogens with zero attached hydrogens (tertiary/aromatic N) is 2. The molecule has 2 aromatic rings. The number of aromatic hydroxyl groups is 1. The molecule has 4 nitrogen and oxygen atoms in total. The maximum absolute atomic E-state index is 9.09. The molecule has 0 amide bonds. The summed E-state index contributed by atoms with van der Waals surface area (Å²) in [7, 11) is 0. The summed E-state index contributed by atoms with van der Waals surface area (Å²) in [5, 5.41) is 9.09. The lowest BCUT2D eigenvalue weighted by Gasteiger charge is -1.99. The van der Waals surface area contributed by atoms with Crippen LogP contribution >= 0.6 is 31.9 Å². The molecule has 0 spiro atoms. The van der Waals surface area contributed by atoms with Crippen LogP contribution in [0, 0.1) is 0 Å². The Bertz CT molecular complexity index is 469. The van der Waals surface area contributed by atoms with E-state index >= 15 is 0 Å². The molecule has 0 atom stereocenters. The Morgan fingerprint density at radius 2 is 2.00 bits per heavy atom. The Balaban J connectivity index is 2.52. The van der Waals surface area contributed by atoms with Gasteiger partial charge in [-0.3, -0.25) is 4.98 Å². The molecule has 0 radical (unpaired) electrons. The van der Waals surface area contributed by atoms with Gasteiger partial charge in [0.1, 0.15) is 5.69 Å². The predicted octanol–water partition coefficient (Wildman–Crippen LogP) is 2.70. The van der Waals surface area contributed by atoms with Crippen molar-refractivity contribution in [2.75, 3.05) is 0 Å². The fourth-order valence-corrected chi connectivity index (χ4v) is 2.20. The molecule has 2 N–H and O–H groups in total. The number of aromatic nitrogens is 3. The maximum Gasteiger partial charge on any atom is 0.208 e. The molecule has 0 fully saturated rings. The third-order valence-electron chi connectivity index (χ3n) is 1.59. The van der Waals surface area contributed by atoms with Gasteiger partial charge in [-0.15, -0.1) is 0 Å². The van der Waals surface area contributed by atoms with E-state index in [1.54, 1.807) is 6.20 Å². The molecule has 0 aliphatic carbocycles. The minimum atomic E-state index is 0.0246. The summed E-state index contributed by atoms with van der Waals surface area (Å²) in [5.41, 5.74) is 0.661. The molecule has 2 rings (SSSR count). The van der Waals surface area contributed by atoms with E-state index in [1.165, 1.54) is 6.20 Å². The quantitative estimate of drug-likeness (QED) is 0.850. The largest absolute Gasteiger partial charge is 0.493 e. The second-order valence-corrected chi connectivity index (χ2v) is 4.37. The Morgan fingerprint density at radius 3 is 2.57 bits per heavy atom. The summed E-state index contributed by atoms with van der Waals surface area (Å²) in [5.74, 6) is 0.554. The fraction of sp³-hybridized carbons (Fsp3) is 0. The molecular formula is C8H5Br2N3O. The van der Waals surface area contributed by atoms with Crippen LogP contribution in [-0.2, 0) is 0 Å². The van der Waals surface area contributed by atoms with Gasteiger partial charge in [0, 0.05) is 15.1 Å². The highest BCUT2D eigenvalue weighted by atomic mass is 79.9. The van der Waals surface area contributed by atoms with Crippen LogP contribution in [0.5, 0.6) is 5.88 Å². The zero-order valence-corrected chi connectivity index (χ0v) is 10.0. The molecule has 0 saturated heterocycles. The van der Waals surface area contributed by atoms with Crippen molar-refractivity contribution >= 4 is 31.9 Å². The summed E-state index contributed by atoms with van der Waals surface area (Å²) >= 11 is 6.66. The van der Waals surface area contributed by atoms with Gasteiger partial charge < -0.3 is 10.1 Å². The third kappa shape index (κ3) is 1.80. The Morgan fingerprint density at radius 1 is 1.21 bits per heavy atom. The number of rotatable bonds is 1. The average Bonchev–Trinajstić information content (AvgIpc) is 2.51. The van der Waals surface area contributed by atoms with Gasteiger partial charge in [-0.25, -0.2) is 4.98 Å². The molecule has 0 aliphatic rings. The van der Waals surface area contributed by atoms with Crippen LogP contribution in [0.2, 0.25) is 0 Å². The van der Waals surface area contributed by atoms with Gasteiger partial charge >= 0.3 is 0 Å². The van der Waals surface area contributed by atoms with E-state index in [0.29, 0.717) is 11.5 Å². The lowest BCUT2D eigenvalue weighted by molar-refractivity contribution is 0.457. The smallest absolute Gasteiger partial charge is 0.208 e. The molecule has 2 heterocycles. The summed E-state index contributed by atoms with van der Waals surface area (Å²) in [4.78, 5) is 10.8. The molecule has 14 heavy (non-hydrogen) atoms. The van der Waals surface area contributed by atoms with E-state index in [-0.39, 0.29) is 5.88 Å².